The van der Waals surface area contributed by atoms with E-state index in [9.17, 15) is 0 Å². The van der Waals surface area contributed by atoms with Crippen molar-refractivity contribution in [2.75, 3.05) is 19.6 Å². The molecule has 1 rings (SSSR count). The summed E-state index contributed by atoms with van der Waals surface area (Å²) in [5.74, 6) is 0. The quantitative estimate of drug-likeness (QED) is 0.776. The summed E-state index contributed by atoms with van der Waals surface area (Å²) in [6, 6.07) is 7.98. The fourth-order valence-corrected chi connectivity index (χ4v) is 2.29. The molecular formula is C15H25ClN2. The van der Waals surface area contributed by atoms with Crippen LogP contribution in [0.1, 0.15) is 44.7 Å². The Morgan fingerprint density at radius 2 is 1.61 bits per heavy atom. The smallest absolute Gasteiger partial charge is 0.0406 e. The molecule has 0 spiro atoms. The SMILES string of the molecule is CCCN(CCC)CCC(N)c1ccc(Cl)cc1. The Hall–Kier alpha value is -0.570. The number of rotatable bonds is 8. The molecule has 1 atom stereocenters. The summed E-state index contributed by atoms with van der Waals surface area (Å²) in [5, 5.41) is 0.768. The molecular weight excluding hydrogens is 244 g/mol. The highest BCUT2D eigenvalue weighted by Crippen LogP contribution is 2.17. The lowest BCUT2D eigenvalue weighted by Gasteiger charge is -2.23. The molecule has 0 bridgehead atoms. The van der Waals surface area contributed by atoms with Crippen molar-refractivity contribution in [3.05, 3.63) is 34.9 Å². The van der Waals surface area contributed by atoms with Gasteiger partial charge < -0.3 is 10.6 Å². The predicted molar refractivity (Wildman–Crippen MR) is 80.0 cm³/mol. The van der Waals surface area contributed by atoms with Crippen LogP contribution >= 0.6 is 11.6 Å². The van der Waals surface area contributed by atoms with Gasteiger partial charge in [0.2, 0.25) is 0 Å². The van der Waals surface area contributed by atoms with Crippen molar-refractivity contribution in [1.82, 2.24) is 4.90 Å². The van der Waals surface area contributed by atoms with Crippen molar-refractivity contribution in [1.29, 1.82) is 0 Å². The van der Waals surface area contributed by atoms with E-state index in [4.69, 9.17) is 17.3 Å². The Bertz CT molecular complexity index is 318. The molecule has 3 heteroatoms. The van der Waals surface area contributed by atoms with Crippen LogP contribution in [-0.2, 0) is 0 Å². The van der Waals surface area contributed by atoms with E-state index in [1.165, 1.54) is 31.5 Å². The Labute approximate surface area is 116 Å². The molecule has 18 heavy (non-hydrogen) atoms. The standard InChI is InChI=1S/C15H25ClN2/c1-3-10-18(11-4-2)12-9-15(17)13-5-7-14(16)8-6-13/h5-8,15H,3-4,9-12,17H2,1-2H3. The highest BCUT2D eigenvalue weighted by atomic mass is 35.5. The molecule has 0 saturated heterocycles. The summed E-state index contributed by atoms with van der Waals surface area (Å²) in [5.41, 5.74) is 7.39. The van der Waals surface area contributed by atoms with Gasteiger partial charge in [-0.3, -0.25) is 0 Å². The average molecular weight is 269 g/mol. The third-order valence-corrected chi connectivity index (χ3v) is 3.39. The molecule has 0 aliphatic rings. The minimum absolute atomic E-state index is 0.110. The van der Waals surface area contributed by atoms with Gasteiger partial charge in [-0.2, -0.15) is 0 Å². The average Bonchev–Trinajstić information content (AvgIpc) is 2.37. The van der Waals surface area contributed by atoms with E-state index in [2.05, 4.69) is 18.7 Å². The predicted octanol–water partition coefficient (Wildman–Crippen LogP) is 3.85. The molecule has 1 unspecified atom stereocenters. The minimum Gasteiger partial charge on any atom is -0.324 e. The van der Waals surface area contributed by atoms with Gasteiger partial charge in [-0.1, -0.05) is 37.6 Å². The van der Waals surface area contributed by atoms with Crippen molar-refractivity contribution in [3.63, 3.8) is 0 Å². The highest BCUT2D eigenvalue weighted by molar-refractivity contribution is 6.30. The van der Waals surface area contributed by atoms with Crippen LogP contribution in [0.4, 0.5) is 0 Å². The third-order valence-electron chi connectivity index (χ3n) is 3.13. The number of hydrogen-bond acceptors (Lipinski definition) is 2. The van der Waals surface area contributed by atoms with Crippen LogP contribution in [-0.4, -0.2) is 24.5 Å². The Balaban J connectivity index is 2.43. The molecule has 0 heterocycles. The fourth-order valence-electron chi connectivity index (χ4n) is 2.17. The Morgan fingerprint density at radius 1 is 1.06 bits per heavy atom. The van der Waals surface area contributed by atoms with E-state index in [1.807, 2.05) is 24.3 Å². The monoisotopic (exact) mass is 268 g/mol. The van der Waals surface area contributed by atoms with Crippen molar-refractivity contribution in [2.24, 2.45) is 5.73 Å². The highest BCUT2D eigenvalue weighted by Gasteiger charge is 2.09. The van der Waals surface area contributed by atoms with Gasteiger partial charge in [0.15, 0.2) is 0 Å². The molecule has 1 aromatic carbocycles. The normalized spacial score (nSPS) is 12.9. The zero-order valence-corrected chi connectivity index (χ0v) is 12.3. The first kappa shape index (κ1) is 15.5. The van der Waals surface area contributed by atoms with Crippen LogP contribution in [0.15, 0.2) is 24.3 Å². The maximum absolute atomic E-state index is 6.22. The van der Waals surface area contributed by atoms with Crippen molar-refractivity contribution in [3.8, 4) is 0 Å². The zero-order chi connectivity index (χ0) is 13.4. The molecule has 0 aliphatic heterocycles. The first-order valence-corrected chi connectivity index (χ1v) is 7.28. The Kier molecular flexibility index (Phi) is 7.33. The number of benzene rings is 1. The summed E-state index contributed by atoms with van der Waals surface area (Å²) in [7, 11) is 0. The van der Waals surface area contributed by atoms with Crippen LogP contribution < -0.4 is 5.73 Å². The fraction of sp³-hybridized carbons (Fsp3) is 0.600. The van der Waals surface area contributed by atoms with Gasteiger partial charge in [-0.15, -0.1) is 0 Å². The zero-order valence-electron chi connectivity index (χ0n) is 11.5. The summed E-state index contributed by atoms with van der Waals surface area (Å²) in [6.07, 6.45) is 3.41. The van der Waals surface area contributed by atoms with Crippen LogP contribution in [0.2, 0.25) is 5.02 Å². The molecule has 2 nitrogen and oxygen atoms in total. The van der Waals surface area contributed by atoms with E-state index in [-0.39, 0.29) is 6.04 Å². The number of nitrogens with two attached hydrogens (primary N) is 1. The van der Waals surface area contributed by atoms with Gasteiger partial charge in [-0.25, -0.2) is 0 Å². The maximum Gasteiger partial charge on any atom is 0.0406 e. The van der Waals surface area contributed by atoms with Gasteiger partial charge in [0, 0.05) is 11.1 Å². The van der Waals surface area contributed by atoms with Crippen LogP contribution in [0.5, 0.6) is 0 Å². The topological polar surface area (TPSA) is 29.3 Å². The van der Waals surface area contributed by atoms with Gasteiger partial charge in [-0.05, 0) is 56.6 Å². The van der Waals surface area contributed by atoms with E-state index in [0.717, 1.165) is 18.0 Å². The van der Waals surface area contributed by atoms with Crippen molar-refractivity contribution >= 4 is 11.6 Å². The molecule has 0 aromatic heterocycles. The second-order valence-electron chi connectivity index (χ2n) is 4.79. The third kappa shape index (κ3) is 5.38. The molecule has 0 fully saturated rings. The van der Waals surface area contributed by atoms with Crippen molar-refractivity contribution < 1.29 is 0 Å². The minimum atomic E-state index is 0.110. The molecule has 0 aliphatic carbocycles. The molecule has 1 aromatic rings. The molecule has 0 saturated carbocycles. The largest absolute Gasteiger partial charge is 0.324 e. The molecule has 0 radical (unpaired) electrons. The van der Waals surface area contributed by atoms with E-state index in [0.29, 0.717) is 0 Å². The second-order valence-corrected chi connectivity index (χ2v) is 5.22. The van der Waals surface area contributed by atoms with E-state index < -0.39 is 0 Å². The van der Waals surface area contributed by atoms with Gasteiger partial charge in [0.1, 0.15) is 0 Å². The van der Waals surface area contributed by atoms with Gasteiger partial charge in [0.25, 0.3) is 0 Å². The molecule has 0 amide bonds. The number of nitrogens with zero attached hydrogens (tertiary/aromatic N) is 1. The van der Waals surface area contributed by atoms with Crippen LogP contribution in [0.3, 0.4) is 0 Å². The van der Waals surface area contributed by atoms with E-state index >= 15 is 0 Å². The molecule has 102 valence electrons. The van der Waals surface area contributed by atoms with Crippen molar-refractivity contribution in [2.45, 2.75) is 39.2 Å². The first-order valence-electron chi connectivity index (χ1n) is 6.90. The lowest BCUT2D eigenvalue weighted by molar-refractivity contribution is 0.264. The maximum atomic E-state index is 6.22. The lowest BCUT2D eigenvalue weighted by atomic mass is 10.0. The summed E-state index contributed by atoms with van der Waals surface area (Å²) >= 11 is 5.88. The summed E-state index contributed by atoms with van der Waals surface area (Å²) in [6.45, 7) is 7.86. The summed E-state index contributed by atoms with van der Waals surface area (Å²) in [4.78, 5) is 2.50. The summed E-state index contributed by atoms with van der Waals surface area (Å²) < 4.78 is 0. The first-order chi connectivity index (χ1) is 8.67. The van der Waals surface area contributed by atoms with Gasteiger partial charge >= 0.3 is 0 Å². The lowest BCUT2D eigenvalue weighted by Crippen LogP contribution is -2.29. The number of halogens is 1. The number of hydrogen-bond donors (Lipinski definition) is 1. The van der Waals surface area contributed by atoms with Crippen LogP contribution in [0.25, 0.3) is 0 Å². The second kappa shape index (κ2) is 8.52. The molecule has 2 N–H and O–H groups in total. The van der Waals surface area contributed by atoms with Gasteiger partial charge in [0.05, 0.1) is 0 Å². The van der Waals surface area contributed by atoms with Crippen LogP contribution in [0, 0.1) is 0 Å². The van der Waals surface area contributed by atoms with E-state index in [1.54, 1.807) is 0 Å². The Morgan fingerprint density at radius 3 is 2.11 bits per heavy atom.